The second-order valence-corrected chi connectivity index (χ2v) is 22.3. The van der Waals surface area contributed by atoms with E-state index in [1.54, 1.807) is 11.1 Å². The molecule has 2 aromatic carbocycles. The number of allylic oxidation sites excluding steroid dienone is 8. The van der Waals surface area contributed by atoms with E-state index in [9.17, 15) is 19.2 Å². The minimum absolute atomic E-state index is 0.167. The number of carbonyl (C=O) groups is 4. The van der Waals surface area contributed by atoms with E-state index in [0.29, 0.717) is 59.9 Å². The lowest BCUT2D eigenvalue weighted by molar-refractivity contribution is -0.118. The number of hydrogen-bond donors (Lipinski definition) is 0. The molecule has 0 spiro atoms. The van der Waals surface area contributed by atoms with Crippen molar-refractivity contribution in [3.8, 4) is 0 Å². The first-order valence-electron chi connectivity index (χ1n) is 24.8. The number of ether oxygens (including phenoxy) is 2. The maximum atomic E-state index is 12.2. The second-order valence-electron chi connectivity index (χ2n) is 22.3. The molecule has 4 saturated carbocycles. The summed E-state index contributed by atoms with van der Waals surface area (Å²) in [6, 6.07) is 16.6. The van der Waals surface area contributed by atoms with Gasteiger partial charge in [0.25, 0.3) is 0 Å². The third-order valence-electron chi connectivity index (χ3n) is 19.4. The van der Waals surface area contributed by atoms with E-state index in [1.807, 2.05) is 50.6 Å². The van der Waals surface area contributed by atoms with E-state index in [0.717, 1.165) is 88.3 Å². The summed E-state index contributed by atoms with van der Waals surface area (Å²) < 4.78 is 11.6. The predicted octanol–water partition coefficient (Wildman–Crippen LogP) is 12.9. The fourth-order valence-corrected chi connectivity index (χ4v) is 15.8. The van der Waals surface area contributed by atoms with Gasteiger partial charge in [0.1, 0.15) is 12.6 Å². The Labute approximate surface area is 382 Å². The van der Waals surface area contributed by atoms with Gasteiger partial charge in [-0.05, 0) is 168 Å². The minimum Gasteiger partial charge on any atom is -0.384 e. The number of methoxy groups -OCH3 is 2. The molecule has 0 heterocycles. The van der Waals surface area contributed by atoms with Crippen molar-refractivity contribution in [2.24, 2.45) is 45.3 Å². The molecule has 8 aliphatic rings. The molecule has 0 aromatic heterocycles. The van der Waals surface area contributed by atoms with Gasteiger partial charge >= 0.3 is 0 Å². The van der Waals surface area contributed by atoms with Gasteiger partial charge in [-0.2, -0.15) is 0 Å². The van der Waals surface area contributed by atoms with Gasteiger partial charge in [0.2, 0.25) is 0 Å². The van der Waals surface area contributed by atoms with Gasteiger partial charge in [0.15, 0.2) is 11.6 Å². The largest absolute Gasteiger partial charge is 0.384 e. The molecule has 2 aromatic rings. The van der Waals surface area contributed by atoms with E-state index in [-0.39, 0.29) is 21.7 Å². The van der Waals surface area contributed by atoms with E-state index in [2.05, 4.69) is 52.0 Å². The molecular weight excluding hydrogens is 793 g/mol. The molecule has 340 valence electrons. The maximum absolute atomic E-state index is 12.2. The number of rotatable bonds is 8. The van der Waals surface area contributed by atoms with Crippen LogP contribution in [0.5, 0.6) is 0 Å². The van der Waals surface area contributed by atoms with Crippen LogP contribution in [0.15, 0.2) is 94.1 Å². The van der Waals surface area contributed by atoms with Gasteiger partial charge in [-0.15, -0.1) is 0 Å². The maximum Gasteiger partial charge on any atom is 0.156 e. The van der Waals surface area contributed by atoms with Gasteiger partial charge in [-0.1, -0.05) is 100 Å². The van der Waals surface area contributed by atoms with Crippen LogP contribution in [-0.4, -0.2) is 51.6 Å². The molecular formula is C58H72O6. The number of fused-ring (bicyclic) bond motifs is 8. The summed E-state index contributed by atoms with van der Waals surface area (Å²) in [6.45, 7) is 11.6. The molecule has 6 heteroatoms. The molecule has 0 unspecified atom stereocenters. The fourth-order valence-electron chi connectivity index (χ4n) is 15.8. The highest BCUT2D eigenvalue weighted by Gasteiger charge is 2.61. The fraction of sp³-hybridized carbons (Fsp3) is 0.586. The first-order valence-corrected chi connectivity index (χ1v) is 24.8. The van der Waals surface area contributed by atoms with Crippen LogP contribution in [0.3, 0.4) is 0 Å². The van der Waals surface area contributed by atoms with E-state index in [4.69, 9.17) is 9.47 Å². The van der Waals surface area contributed by atoms with E-state index < -0.39 is 0 Å². The Bertz CT molecular complexity index is 2120. The molecule has 64 heavy (non-hydrogen) atoms. The summed E-state index contributed by atoms with van der Waals surface area (Å²) in [5.41, 5.74) is 13.7. The molecule has 8 aliphatic carbocycles. The van der Waals surface area contributed by atoms with Crippen LogP contribution < -0.4 is 0 Å². The third-order valence-corrected chi connectivity index (χ3v) is 19.4. The molecule has 0 radical (unpaired) electrons. The number of aldehydes is 2. The standard InChI is InChI=1S/2C29H36O3/c2*1-28(18-32-3)14-4-5-26-24-12-10-21-15-22(31)11-13-23(21)27(24)25(16-29(26,28)2)20-8-6-19(17-30)7-9-20/h2*6-9,15,17,24-26H,4-5,10-14,16,18H2,1-3H3/t24-,25+,26-,28-,29-;24-,25-,26-,28-,29-/m00/s1. The van der Waals surface area contributed by atoms with Crippen LogP contribution in [-0.2, 0) is 19.1 Å². The molecule has 0 N–H and O–H groups in total. The van der Waals surface area contributed by atoms with Crippen molar-refractivity contribution in [1.82, 2.24) is 0 Å². The number of benzene rings is 2. The van der Waals surface area contributed by atoms with Crippen molar-refractivity contribution in [2.45, 2.75) is 142 Å². The average molecular weight is 865 g/mol. The minimum atomic E-state index is 0.167. The lowest BCUT2D eigenvalue weighted by atomic mass is 9.42. The quantitative estimate of drug-likeness (QED) is 0.246. The molecule has 10 rings (SSSR count). The van der Waals surface area contributed by atoms with Gasteiger partial charge < -0.3 is 9.47 Å². The van der Waals surface area contributed by atoms with Gasteiger partial charge in [-0.3, -0.25) is 19.2 Å². The SMILES string of the molecule is COC[C@]1(C)CCC[C@H]2[C@@H]3CCC4=CC(=O)CCC4=C3[C@@H](c3ccc(C=O)cc3)C[C@@]21C.COC[C@]1(C)CCC[C@H]2[C@@H]3CCC4=CC(=O)CCC4=C3[C@H](c3ccc(C=O)cc3)C[C@@]21C. The van der Waals surface area contributed by atoms with Crippen LogP contribution in [0.4, 0.5) is 0 Å². The average Bonchev–Trinajstić information content (AvgIpc) is 3.29. The number of hydrogen-bond acceptors (Lipinski definition) is 6. The monoisotopic (exact) mass is 865 g/mol. The first-order chi connectivity index (χ1) is 30.8. The summed E-state index contributed by atoms with van der Waals surface area (Å²) in [5, 5.41) is 0. The Kier molecular flexibility index (Phi) is 12.5. The van der Waals surface area contributed by atoms with Crippen LogP contribution in [0.2, 0.25) is 0 Å². The van der Waals surface area contributed by atoms with Crippen molar-refractivity contribution in [2.75, 3.05) is 27.4 Å². The summed E-state index contributed by atoms with van der Waals surface area (Å²) >= 11 is 0. The number of carbonyl (C=O) groups excluding carboxylic acids is 4. The molecule has 0 saturated heterocycles. The Morgan fingerprint density at radius 2 is 0.938 bits per heavy atom. The highest BCUT2D eigenvalue weighted by atomic mass is 16.5. The van der Waals surface area contributed by atoms with Crippen molar-refractivity contribution >= 4 is 24.1 Å². The molecule has 4 fully saturated rings. The van der Waals surface area contributed by atoms with Crippen LogP contribution in [0.25, 0.3) is 0 Å². The highest BCUT2D eigenvalue weighted by molar-refractivity contribution is 5.93. The zero-order valence-corrected chi connectivity index (χ0v) is 39.6. The van der Waals surface area contributed by atoms with Crippen LogP contribution >= 0.6 is 0 Å². The van der Waals surface area contributed by atoms with Crippen molar-refractivity contribution < 1.29 is 28.7 Å². The zero-order valence-electron chi connectivity index (χ0n) is 39.6. The number of ketones is 2. The molecule has 0 bridgehead atoms. The van der Waals surface area contributed by atoms with Crippen molar-refractivity contribution in [3.05, 3.63) is 116 Å². The zero-order chi connectivity index (χ0) is 45.0. The summed E-state index contributed by atoms with van der Waals surface area (Å²) in [6.07, 6.45) is 23.1. The second kappa shape index (κ2) is 17.7. The normalized spacial score (nSPS) is 36.7. The predicted molar refractivity (Wildman–Crippen MR) is 253 cm³/mol. The Morgan fingerprint density at radius 3 is 1.30 bits per heavy atom. The summed E-state index contributed by atoms with van der Waals surface area (Å²) in [7, 11) is 3.70. The summed E-state index contributed by atoms with van der Waals surface area (Å²) in [4.78, 5) is 46.9. The highest BCUT2D eigenvalue weighted by Crippen LogP contribution is 2.69. The lowest BCUT2D eigenvalue weighted by Crippen LogP contribution is -2.55. The molecule has 0 aliphatic heterocycles. The topological polar surface area (TPSA) is 86.7 Å². The Hall–Kier alpha value is -4.00. The Balaban J connectivity index is 0.000000162. The van der Waals surface area contributed by atoms with Crippen molar-refractivity contribution in [1.29, 1.82) is 0 Å². The van der Waals surface area contributed by atoms with Crippen molar-refractivity contribution in [3.63, 3.8) is 0 Å². The third kappa shape index (κ3) is 7.55. The van der Waals surface area contributed by atoms with Crippen LogP contribution in [0.1, 0.15) is 174 Å². The van der Waals surface area contributed by atoms with E-state index >= 15 is 0 Å². The first kappa shape index (κ1) is 45.2. The Morgan fingerprint density at radius 1 is 0.547 bits per heavy atom. The van der Waals surface area contributed by atoms with Crippen LogP contribution in [0, 0.1) is 45.3 Å². The lowest BCUT2D eigenvalue weighted by Gasteiger charge is -2.62. The van der Waals surface area contributed by atoms with Gasteiger partial charge in [0.05, 0.1) is 13.2 Å². The summed E-state index contributed by atoms with van der Waals surface area (Å²) in [5.74, 6) is 3.79. The van der Waals surface area contributed by atoms with Gasteiger partial charge in [-0.25, -0.2) is 0 Å². The van der Waals surface area contributed by atoms with E-state index in [1.165, 1.54) is 71.9 Å². The molecule has 0 amide bonds. The van der Waals surface area contributed by atoms with Gasteiger partial charge in [0, 0.05) is 50.0 Å². The molecule has 6 nitrogen and oxygen atoms in total. The molecule has 10 atom stereocenters. The smallest absolute Gasteiger partial charge is 0.156 e.